The van der Waals surface area contributed by atoms with Gasteiger partial charge in [0.25, 0.3) is 6.71 Å². The summed E-state index contributed by atoms with van der Waals surface area (Å²) >= 11 is 0. The minimum absolute atomic E-state index is 0.00691. The van der Waals surface area contributed by atoms with Crippen LogP contribution in [0.2, 0.25) is 0 Å². The van der Waals surface area contributed by atoms with Crippen molar-refractivity contribution < 1.29 is 0 Å². The molecule has 0 aromatic heterocycles. The lowest BCUT2D eigenvalue weighted by atomic mass is 9.33. The van der Waals surface area contributed by atoms with E-state index in [1.165, 1.54) is 93.4 Å². The molecule has 2 aliphatic heterocycles. The third-order valence-corrected chi connectivity index (χ3v) is 15.1. The molecule has 0 fully saturated rings. The van der Waals surface area contributed by atoms with Crippen LogP contribution in [0.4, 0.5) is 51.2 Å². The third-order valence-electron chi connectivity index (χ3n) is 15.1. The van der Waals surface area contributed by atoms with Crippen molar-refractivity contribution in [2.75, 3.05) is 14.7 Å². The monoisotopic (exact) mass is 899 g/mol. The summed E-state index contributed by atoms with van der Waals surface area (Å²) in [6, 6.07) is 82.4. The number of fused-ring (bicyclic) bond motifs is 10. The summed E-state index contributed by atoms with van der Waals surface area (Å²) < 4.78 is 0. The van der Waals surface area contributed by atoms with E-state index in [1.807, 2.05) is 0 Å². The van der Waals surface area contributed by atoms with Crippen LogP contribution in [0.1, 0.15) is 52.7 Å². The van der Waals surface area contributed by atoms with Crippen LogP contribution >= 0.6 is 0 Å². The first-order chi connectivity index (χ1) is 34.0. The summed E-state index contributed by atoms with van der Waals surface area (Å²) in [6.07, 6.45) is 0. The van der Waals surface area contributed by atoms with E-state index in [4.69, 9.17) is 0 Å². The van der Waals surface area contributed by atoms with Gasteiger partial charge in [-0.1, -0.05) is 211 Å². The summed E-state index contributed by atoms with van der Waals surface area (Å²) in [5.41, 5.74) is 16.9. The molecule has 70 heavy (non-hydrogen) atoms. The van der Waals surface area contributed by atoms with Gasteiger partial charge in [0.1, 0.15) is 0 Å². The molecule has 2 aliphatic rings. The highest BCUT2D eigenvalue weighted by molar-refractivity contribution is 7.00. The summed E-state index contributed by atoms with van der Waals surface area (Å²) in [5.74, 6) is 0. The Hall–Kier alpha value is -8.08. The van der Waals surface area contributed by atoms with E-state index in [0.29, 0.717) is 0 Å². The van der Waals surface area contributed by atoms with E-state index in [2.05, 4.69) is 275 Å². The minimum Gasteiger partial charge on any atom is -0.310 e. The van der Waals surface area contributed by atoms with Gasteiger partial charge in [-0.15, -0.1) is 0 Å². The number of rotatable bonds is 5. The fourth-order valence-electron chi connectivity index (χ4n) is 11.6. The molecule has 0 spiro atoms. The number of hydrogen-bond donors (Lipinski definition) is 0. The molecule has 336 valence electrons. The van der Waals surface area contributed by atoms with Gasteiger partial charge < -0.3 is 14.7 Å². The quantitative estimate of drug-likeness (QED) is 0.159. The first-order valence-electron chi connectivity index (χ1n) is 24.8. The molecule has 2 heterocycles. The minimum atomic E-state index is -0.0682. The van der Waals surface area contributed by atoms with Crippen molar-refractivity contribution in [1.29, 1.82) is 0 Å². The summed E-state index contributed by atoms with van der Waals surface area (Å²) in [4.78, 5) is 7.73. The Kier molecular flexibility index (Phi) is 9.45. The molecule has 0 saturated carbocycles. The topological polar surface area (TPSA) is 9.72 Å². The molecule has 0 unspecified atom stereocenters. The molecular formula is C66H54BN3. The number of hydrogen-bond acceptors (Lipinski definition) is 3. The molecule has 4 heteroatoms. The van der Waals surface area contributed by atoms with Crippen LogP contribution in [0.3, 0.4) is 0 Å². The van der Waals surface area contributed by atoms with Crippen LogP contribution in [0.15, 0.2) is 218 Å². The SMILES string of the molecule is CC(C)(C)c1ccc(N(c2ccc(C(C)(C)C)cc2)c2cc3c4c(c2)N(c2cccc5ccccc25)c2c(ccc5ccccc25)B4c2ccc4ccccc4c2N3c2cccc3ccccc23)cc1. The lowest BCUT2D eigenvalue weighted by molar-refractivity contribution is 0.590. The molecule has 0 atom stereocenters. The highest BCUT2D eigenvalue weighted by Gasteiger charge is 2.45. The standard InChI is InChI=1S/C66H54BN3/c1-65(2,3)47-31-35-49(36-32-47)68(50-37-33-48(34-38-50)66(4,5)6)51-41-60-62-61(42-51)70(59-28-16-22-44-18-8-12-24-53(44)59)64-55-26-14-10-20-46(55)30-40-57(64)67(62)56-39-29-45-19-9-13-25-54(45)63(56)69(60)58-27-15-21-43-17-7-11-23-52(43)58/h7-42H,1-6H3. The maximum absolute atomic E-state index is 2.62. The Morgan fingerprint density at radius 1 is 0.329 bits per heavy atom. The zero-order chi connectivity index (χ0) is 47.5. The maximum Gasteiger partial charge on any atom is 0.252 e. The summed E-state index contributed by atoms with van der Waals surface area (Å²) in [5, 5.41) is 9.75. The van der Waals surface area contributed by atoms with Crippen molar-refractivity contribution in [3.8, 4) is 0 Å². The van der Waals surface area contributed by atoms with Crippen molar-refractivity contribution in [1.82, 2.24) is 0 Å². The average Bonchev–Trinajstić information content (AvgIpc) is 3.38. The number of nitrogens with zero attached hydrogens (tertiary/aromatic N) is 3. The van der Waals surface area contributed by atoms with E-state index in [0.717, 1.165) is 28.4 Å². The molecule has 11 aromatic rings. The van der Waals surface area contributed by atoms with Crippen LogP contribution in [-0.2, 0) is 10.8 Å². The molecule has 0 radical (unpaired) electrons. The first kappa shape index (κ1) is 42.1. The van der Waals surface area contributed by atoms with Gasteiger partial charge in [0.05, 0.1) is 17.1 Å². The van der Waals surface area contributed by atoms with Crippen LogP contribution in [0.25, 0.3) is 43.1 Å². The van der Waals surface area contributed by atoms with Gasteiger partial charge in [0.2, 0.25) is 0 Å². The Balaban J connectivity index is 1.21. The lowest BCUT2D eigenvalue weighted by Gasteiger charge is -2.46. The smallest absolute Gasteiger partial charge is 0.252 e. The van der Waals surface area contributed by atoms with Gasteiger partial charge >= 0.3 is 0 Å². The Morgan fingerprint density at radius 2 is 0.686 bits per heavy atom. The van der Waals surface area contributed by atoms with Gasteiger partial charge in [-0.05, 0) is 108 Å². The number of benzene rings is 11. The van der Waals surface area contributed by atoms with Gasteiger partial charge in [0, 0.05) is 55.7 Å². The van der Waals surface area contributed by atoms with E-state index < -0.39 is 0 Å². The normalized spacial score (nSPS) is 13.2. The predicted molar refractivity (Wildman–Crippen MR) is 303 cm³/mol. The van der Waals surface area contributed by atoms with Crippen LogP contribution in [-0.4, -0.2) is 6.71 Å². The highest BCUT2D eigenvalue weighted by Crippen LogP contribution is 2.52. The fraction of sp³-hybridized carbons (Fsp3) is 0.121. The van der Waals surface area contributed by atoms with Crippen molar-refractivity contribution in [3.05, 3.63) is 230 Å². The van der Waals surface area contributed by atoms with Gasteiger partial charge in [-0.25, -0.2) is 0 Å². The summed E-state index contributed by atoms with van der Waals surface area (Å²) in [7, 11) is 0. The molecule has 0 aliphatic carbocycles. The third kappa shape index (κ3) is 6.57. The molecule has 13 rings (SSSR count). The van der Waals surface area contributed by atoms with Crippen molar-refractivity contribution >= 4 is 117 Å². The predicted octanol–water partition coefficient (Wildman–Crippen LogP) is 16.4. The van der Waals surface area contributed by atoms with Gasteiger partial charge in [-0.2, -0.15) is 0 Å². The lowest BCUT2D eigenvalue weighted by Crippen LogP contribution is -2.61. The fourth-order valence-corrected chi connectivity index (χ4v) is 11.6. The van der Waals surface area contributed by atoms with Gasteiger partial charge in [0.15, 0.2) is 0 Å². The molecule has 0 bridgehead atoms. The molecule has 0 amide bonds. The molecule has 11 aromatic carbocycles. The second-order valence-corrected chi connectivity index (χ2v) is 21.4. The second-order valence-electron chi connectivity index (χ2n) is 21.4. The van der Waals surface area contributed by atoms with Crippen molar-refractivity contribution in [3.63, 3.8) is 0 Å². The zero-order valence-electron chi connectivity index (χ0n) is 40.7. The van der Waals surface area contributed by atoms with Crippen molar-refractivity contribution in [2.24, 2.45) is 0 Å². The number of anilines is 9. The molecule has 0 N–H and O–H groups in total. The van der Waals surface area contributed by atoms with E-state index in [9.17, 15) is 0 Å². The Labute approximate surface area is 412 Å². The van der Waals surface area contributed by atoms with Gasteiger partial charge in [-0.3, -0.25) is 0 Å². The Bertz CT molecular complexity index is 3620. The summed E-state index contributed by atoms with van der Waals surface area (Å²) in [6.45, 7) is 13.7. The van der Waals surface area contributed by atoms with Crippen LogP contribution in [0, 0.1) is 0 Å². The van der Waals surface area contributed by atoms with Crippen LogP contribution < -0.4 is 31.1 Å². The zero-order valence-corrected chi connectivity index (χ0v) is 40.7. The largest absolute Gasteiger partial charge is 0.310 e. The molecule has 3 nitrogen and oxygen atoms in total. The van der Waals surface area contributed by atoms with E-state index in [1.54, 1.807) is 0 Å². The van der Waals surface area contributed by atoms with E-state index in [-0.39, 0.29) is 17.5 Å². The average molecular weight is 900 g/mol. The maximum atomic E-state index is 2.62. The highest BCUT2D eigenvalue weighted by atomic mass is 15.2. The van der Waals surface area contributed by atoms with Crippen molar-refractivity contribution in [2.45, 2.75) is 52.4 Å². The molecular weight excluding hydrogens is 846 g/mol. The second kappa shape index (κ2) is 15.7. The van der Waals surface area contributed by atoms with E-state index >= 15 is 0 Å². The first-order valence-corrected chi connectivity index (χ1v) is 24.8. The van der Waals surface area contributed by atoms with Crippen LogP contribution in [0.5, 0.6) is 0 Å². The Morgan fingerprint density at radius 3 is 1.09 bits per heavy atom. The molecule has 0 saturated heterocycles.